The zero-order valence-corrected chi connectivity index (χ0v) is 28.8. The Balaban J connectivity index is 1.19. The number of oxazole rings is 1. The van der Waals surface area contributed by atoms with Gasteiger partial charge >= 0.3 is 0 Å². The van der Waals surface area contributed by atoms with Crippen molar-refractivity contribution < 1.29 is 8.83 Å². The highest BCUT2D eigenvalue weighted by atomic mass is 16.4. The quantitative estimate of drug-likeness (QED) is 0.179. The summed E-state index contributed by atoms with van der Waals surface area (Å²) in [4.78, 5) is 20.6. The van der Waals surface area contributed by atoms with Gasteiger partial charge in [-0.25, -0.2) is 19.9 Å². The Morgan fingerprint density at radius 2 is 0.981 bits per heavy atom. The Bertz CT molecular complexity index is 3220. The number of furan rings is 1. The fourth-order valence-electron chi connectivity index (χ4n) is 7.52. The maximum absolute atomic E-state index is 6.81. The molecular weight excluding hydrogens is 665 g/mol. The zero-order valence-electron chi connectivity index (χ0n) is 28.8. The number of nitrogens with zero attached hydrogens (tertiary/aromatic N) is 4. The van der Waals surface area contributed by atoms with E-state index in [2.05, 4.69) is 109 Å². The van der Waals surface area contributed by atoms with Crippen LogP contribution < -0.4 is 0 Å². The normalized spacial score (nSPS) is 11.7. The van der Waals surface area contributed by atoms with E-state index < -0.39 is 0 Å². The lowest BCUT2D eigenvalue weighted by Crippen LogP contribution is -2.00. The molecule has 252 valence electrons. The summed E-state index contributed by atoms with van der Waals surface area (Å²) in [5, 5.41) is 6.18. The van der Waals surface area contributed by atoms with Crippen LogP contribution in [0.15, 0.2) is 179 Å². The summed E-state index contributed by atoms with van der Waals surface area (Å²) in [6.45, 7) is 0. The van der Waals surface area contributed by atoms with E-state index in [0.29, 0.717) is 40.1 Å². The fraction of sp³-hybridized carbons (Fsp3) is 0. The van der Waals surface area contributed by atoms with E-state index >= 15 is 0 Å². The van der Waals surface area contributed by atoms with Crippen LogP contribution in [0.25, 0.3) is 111 Å². The molecule has 0 bridgehead atoms. The minimum atomic E-state index is 0.518. The Kier molecular flexibility index (Phi) is 6.75. The first-order valence-electron chi connectivity index (χ1n) is 17.9. The van der Waals surface area contributed by atoms with E-state index in [1.165, 1.54) is 0 Å². The molecule has 6 heteroatoms. The average Bonchev–Trinajstić information content (AvgIpc) is 3.86. The van der Waals surface area contributed by atoms with Crippen molar-refractivity contribution in [2.75, 3.05) is 0 Å². The van der Waals surface area contributed by atoms with Gasteiger partial charge in [-0.2, -0.15) is 0 Å². The van der Waals surface area contributed by atoms with Crippen molar-refractivity contribution in [1.82, 2.24) is 19.9 Å². The van der Waals surface area contributed by atoms with Crippen LogP contribution in [0.4, 0.5) is 0 Å². The molecule has 54 heavy (non-hydrogen) atoms. The maximum atomic E-state index is 6.81. The summed E-state index contributed by atoms with van der Waals surface area (Å²) in [5.41, 5.74) is 8.51. The van der Waals surface area contributed by atoms with E-state index in [1.807, 2.05) is 60.7 Å². The lowest BCUT2D eigenvalue weighted by Gasteiger charge is -2.11. The number of benzene rings is 8. The van der Waals surface area contributed by atoms with Crippen LogP contribution >= 0.6 is 0 Å². The van der Waals surface area contributed by atoms with Crippen molar-refractivity contribution in [1.29, 1.82) is 0 Å². The zero-order chi connectivity index (χ0) is 35.6. The Hall–Kier alpha value is -7.44. The van der Waals surface area contributed by atoms with Crippen LogP contribution in [0.3, 0.4) is 0 Å². The van der Waals surface area contributed by atoms with Crippen LogP contribution in [0.2, 0.25) is 0 Å². The molecule has 0 amide bonds. The van der Waals surface area contributed by atoms with Crippen molar-refractivity contribution in [3.8, 4) is 56.7 Å². The molecule has 0 aliphatic carbocycles. The molecule has 6 nitrogen and oxygen atoms in total. The summed E-state index contributed by atoms with van der Waals surface area (Å²) >= 11 is 0. The standard InChI is InChI=1S/C48H28N4O2/c1-3-12-29(13-4-1)33-19-11-20-35(26-33)45-50-46(36-23-22-30-14-7-8-17-32(30)27-36)52-47(51-45)38-28-34-18-9-10-21-37(34)41-42-39(53-44(38)41)24-25-40-43(42)49-48(54-40)31-15-5-2-6-16-31/h1-28H. The summed E-state index contributed by atoms with van der Waals surface area (Å²) in [7, 11) is 0. The summed E-state index contributed by atoms with van der Waals surface area (Å²) in [6, 6.07) is 57.7. The van der Waals surface area contributed by atoms with Crippen molar-refractivity contribution in [3.63, 3.8) is 0 Å². The molecule has 0 saturated carbocycles. The number of aromatic nitrogens is 4. The second kappa shape index (κ2) is 12.1. The van der Waals surface area contributed by atoms with Crippen molar-refractivity contribution in [2.24, 2.45) is 0 Å². The summed E-state index contributed by atoms with van der Waals surface area (Å²) in [5.74, 6) is 2.23. The fourth-order valence-corrected chi connectivity index (χ4v) is 7.52. The first-order chi connectivity index (χ1) is 26.7. The predicted molar refractivity (Wildman–Crippen MR) is 217 cm³/mol. The van der Waals surface area contributed by atoms with Gasteiger partial charge in [0.15, 0.2) is 23.1 Å². The van der Waals surface area contributed by atoms with Crippen LogP contribution in [0.5, 0.6) is 0 Å². The first-order valence-corrected chi connectivity index (χ1v) is 17.9. The van der Waals surface area contributed by atoms with E-state index in [9.17, 15) is 0 Å². The van der Waals surface area contributed by atoms with E-state index in [-0.39, 0.29) is 0 Å². The van der Waals surface area contributed by atoms with Gasteiger partial charge in [-0.3, -0.25) is 0 Å². The van der Waals surface area contributed by atoms with Gasteiger partial charge in [-0.05, 0) is 75.1 Å². The Labute approximate surface area is 309 Å². The van der Waals surface area contributed by atoms with Gasteiger partial charge in [0, 0.05) is 22.1 Å². The Morgan fingerprint density at radius 3 is 1.80 bits per heavy atom. The van der Waals surface area contributed by atoms with Crippen molar-refractivity contribution >= 4 is 54.6 Å². The molecule has 3 heterocycles. The minimum Gasteiger partial charge on any atom is -0.455 e. The molecule has 0 aliphatic heterocycles. The number of fused-ring (bicyclic) bond motifs is 8. The average molecular weight is 693 g/mol. The molecule has 11 aromatic rings. The van der Waals surface area contributed by atoms with Crippen LogP contribution in [-0.2, 0) is 0 Å². The molecule has 0 spiro atoms. The van der Waals surface area contributed by atoms with E-state index in [4.69, 9.17) is 28.8 Å². The minimum absolute atomic E-state index is 0.518. The molecule has 8 aromatic carbocycles. The predicted octanol–water partition coefficient (Wildman–Crippen LogP) is 12.6. The Morgan fingerprint density at radius 1 is 0.352 bits per heavy atom. The van der Waals surface area contributed by atoms with Crippen LogP contribution in [-0.4, -0.2) is 19.9 Å². The second-order valence-corrected chi connectivity index (χ2v) is 13.4. The smallest absolute Gasteiger partial charge is 0.227 e. The molecule has 3 aromatic heterocycles. The maximum Gasteiger partial charge on any atom is 0.227 e. The number of rotatable bonds is 5. The third-order valence-corrected chi connectivity index (χ3v) is 10.1. The van der Waals surface area contributed by atoms with Crippen molar-refractivity contribution in [3.05, 3.63) is 170 Å². The molecule has 11 rings (SSSR count). The van der Waals surface area contributed by atoms with Gasteiger partial charge in [0.05, 0.1) is 10.9 Å². The summed E-state index contributed by atoms with van der Waals surface area (Å²) < 4.78 is 13.1. The molecule has 0 unspecified atom stereocenters. The highest BCUT2D eigenvalue weighted by Crippen LogP contribution is 2.44. The largest absolute Gasteiger partial charge is 0.455 e. The van der Waals surface area contributed by atoms with Gasteiger partial charge in [0.25, 0.3) is 0 Å². The highest BCUT2D eigenvalue weighted by molar-refractivity contribution is 6.27. The molecule has 0 atom stereocenters. The number of hydrogen-bond donors (Lipinski definition) is 0. The van der Waals surface area contributed by atoms with Crippen LogP contribution in [0.1, 0.15) is 0 Å². The van der Waals surface area contributed by atoms with E-state index in [0.717, 1.165) is 71.2 Å². The van der Waals surface area contributed by atoms with Gasteiger partial charge in [0.2, 0.25) is 5.89 Å². The molecule has 0 N–H and O–H groups in total. The third-order valence-electron chi connectivity index (χ3n) is 10.1. The monoisotopic (exact) mass is 692 g/mol. The lowest BCUT2D eigenvalue weighted by atomic mass is 9.99. The highest BCUT2D eigenvalue weighted by Gasteiger charge is 2.23. The lowest BCUT2D eigenvalue weighted by molar-refractivity contribution is 0.619. The molecule has 0 fully saturated rings. The van der Waals surface area contributed by atoms with Gasteiger partial charge < -0.3 is 8.83 Å². The second-order valence-electron chi connectivity index (χ2n) is 13.4. The first kappa shape index (κ1) is 30.2. The van der Waals surface area contributed by atoms with Crippen LogP contribution in [0, 0.1) is 0 Å². The summed E-state index contributed by atoms with van der Waals surface area (Å²) in [6.07, 6.45) is 0. The van der Waals surface area contributed by atoms with Gasteiger partial charge in [-0.15, -0.1) is 0 Å². The molecule has 0 radical (unpaired) electrons. The van der Waals surface area contributed by atoms with Gasteiger partial charge in [-0.1, -0.05) is 127 Å². The molecule has 0 aliphatic rings. The van der Waals surface area contributed by atoms with Crippen molar-refractivity contribution in [2.45, 2.75) is 0 Å². The molecule has 0 saturated heterocycles. The van der Waals surface area contributed by atoms with Gasteiger partial charge in [0.1, 0.15) is 16.7 Å². The van der Waals surface area contributed by atoms with E-state index in [1.54, 1.807) is 0 Å². The topological polar surface area (TPSA) is 77.8 Å². The third kappa shape index (κ3) is 4.96. The molecular formula is C48H28N4O2. The SMILES string of the molecule is c1ccc(-c2cccc(-c3nc(-c4ccc5ccccc5c4)nc(-c4cc5ccccc5c5c4oc4ccc6oc(-c7ccccc7)nc6c45)n3)c2)cc1. The number of hydrogen-bond acceptors (Lipinski definition) is 6.